The van der Waals surface area contributed by atoms with Gasteiger partial charge in [-0.3, -0.25) is 9.69 Å². The van der Waals surface area contributed by atoms with Crippen LogP contribution in [0.4, 0.5) is 0 Å². The molecule has 0 aliphatic carbocycles. The van der Waals surface area contributed by atoms with E-state index in [1.807, 2.05) is 6.92 Å². The van der Waals surface area contributed by atoms with E-state index in [1.165, 1.54) is 13.0 Å². The van der Waals surface area contributed by atoms with Crippen molar-refractivity contribution in [2.45, 2.75) is 39.2 Å². The van der Waals surface area contributed by atoms with Gasteiger partial charge in [-0.05, 0) is 46.3 Å². The zero-order valence-electron chi connectivity index (χ0n) is 12.3. The van der Waals surface area contributed by atoms with Crippen LogP contribution in [0.1, 0.15) is 33.1 Å². The lowest BCUT2D eigenvalue weighted by molar-refractivity contribution is -0.149. The Labute approximate surface area is 111 Å². The van der Waals surface area contributed by atoms with Gasteiger partial charge in [-0.15, -0.1) is 0 Å². The molecule has 4 heteroatoms. The number of ether oxygens (including phenoxy) is 1. The Morgan fingerprint density at radius 1 is 1.50 bits per heavy atom. The van der Waals surface area contributed by atoms with Gasteiger partial charge in [0.2, 0.25) is 0 Å². The van der Waals surface area contributed by atoms with Gasteiger partial charge in [0.25, 0.3) is 0 Å². The van der Waals surface area contributed by atoms with E-state index < -0.39 is 0 Å². The van der Waals surface area contributed by atoms with Crippen molar-refractivity contribution in [3.63, 3.8) is 0 Å². The summed E-state index contributed by atoms with van der Waals surface area (Å²) in [4.78, 5) is 16.5. The highest BCUT2D eigenvalue weighted by atomic mass is 16.5. The molecule has 1 heterocycles. The highest BCUT2D eigenvalue weighted by Gasteiger charge is 2.27. The van der Waals surface area contributed by atoms with E-state index in [9.17, 15) is 4.79 Å². The van der Waals surface area contributed by atoms with Gasteiger partial charge in [0, 0.05) is 13.1 Å². The summed E-state index contributed by atoms with van der Waals surface area (Å²) in [5, 5.41) is 0. The van der Waals surface area contributed by atoms with Gasteiger partial charge in [0.05, 0.1) is 6.61 Å². The molecule has 1 saturated heterocycles. The summed E-state index contributed by atoms with van der Waals surface area (Å²) in [5.74, 6) is 0.627. The molecule has 1 aliphatic heterocycles. The summed E-state index contributed by atoms with van der Waals surface area (Å²) < 4.78 is 5.17. The van der Waals surface area contributed by atoms with Gasteiger partial charge in [-0.25, -0.2) is 0 Å². The average molecular weight is 256 g/mol. The lowest BCUT2D eigenvalue weighted by Gasteiger charge is -2.28. The topological polar surface area (TPSA) is 32.8 Å². The number of carbonyl (C=O) groups is 1. The fraction of sp³-hybridized carbons (Fsp3) is 0.929. The molecule has 0 aromatic carbocycles. The Morgan fingerprint density at radius 2 is 2.22 bits per heavy atom. The molecule has 0 saturated carbocycles. The van der Waals surface area contributed by atoms with Crippen LogP contribution in [0.3, 0.4) is 0 Å². The Balaban J connectivity index is 2.48. The van der Waals surface area contributed by atoms with Crippen LogP contribution >= 0.6 is 0 Å². The number of hydrogen-bond acceptors (Lipinski definition) is 4. The van der Waals surface area contributed by atoms with Crippen molar-refractivity contribution in [2.24, 2.45) is 5.92 Å². The van der Waals surface area contributed by atoms with Gasteiger partial charge in [-0.1, -0.05) is 13.3 Å². The largest absolute Gasteiger partial charge is 0.465 e. The number of likely N-dealkylation sites (N-methyl/N-ethyl adjacent to an activating group) is 1. The summed E-state index contributed by atoms with van der Waals surface area (Å²) in [6.45, 7) is 7.77. The van der Waals surface area contributed by atoms with Crippen LogP contribution in [0.5, 0.6) is 0 Å². The molecule has 0 spiro atoms. The number of carbonyl (C=O) groups excluding carboxylic acids is 1. The highest BCUT2D eigenvalue weighted by molar-refractivity contribution is 5.75. The van der Waals surface area contributed by atoms with Crippen molar-refractivity contribution in [2.75, 3.05) is 40.3 Å². The zero-order chi connectivity index (χ0) is 13.5. The lowest BCUT2D eigenvalue weighted by Crippen LogP contribution is -2.42. The monoisotopic (exact) mass is 256 g/mol. The predicted molar refractivity (Wildman–Crippen MR) is 73.6 cm³/mol. The molecule has 18 heavy (non-hydrogen) atoms. The van der Waals surface area contributed by atoms with Gasteiger partial charge in [0.15, 0.2) is 0 Å². The zero-order valence-corrected chi connectivity index (χ0v) is 12.3. The molecule has 0 N–H and O–H groups in total. The molecular weight excluding hydrogens is 228 g/mol. The molecule has 0 radical (unpaired) electrons. The summed E-state index contributed by atoms with van der Waals surface area (Å²) >= 11 is 0. The van der Waals surface area contributed by atoms with Gasteiger partial charge in [-0.2, -0.15) is 0 Å². The number of rotatable bonds is 7. The molecule has 2 unspecified atom stereocenters. The van der Waals surface area contributed by atoms with E-state index in [4.69, 9.17) is 4.74 Å². The maximum atomic E-state index is 11.9. The molecule has 1 fully saturated rings. The number of likely N-dealkylation sites (tertiary alicyclic amines) is 1. The maximum absolute atomic E-state index is 11.9. The molecule has 0 aromatic heterocycles. The quantitative estimate of drug-likeness (QED) is 0.648. The standard InChI is InChI=1S/C14H28N2O2/c1-5-7-13(14(17)18-6-2)16(4)11-12-8-9-15(3)10-12/h12-13H,5-11H2,1-4H3. The first-order chi connectivity index (χ1) is 8.58. The minimum atomic E-state index is -0.0687. The first kappa shape index (κ1) is 15.4. The summed E-state index contributed by atoms with van der Waals surface area (Å²) in [5.41, 5.74) is 0. The van der Waals surface area contributed by atoms with E-state index >= 15 is 0 Å². The Bertz CT molecular complexity index is 258. The van der Waals surface area contributed by atoms with Crippen LogP contribution in [0.15, 0.2) is 0 Å². The van der Waals surface area contributed by atoms with Crippen LogP contribution in [0.2, 0.25) is 0 Å². The predicted octanol–water partition coefficient (Wildman–Crippen LogP) is 1.60. The molecule has 106 valence electrons. The Morgan fingerprint density at radius 3 is 2.72 bits per heavy atom. The molecule has 0 bridgehead atoms. The second-order valence-corrected chi connectivity index (χ2v) is 5.41. The normalized spacial score (nSPS) is 22.4. The summed E-state index contributed by atoms with van der Waals surface area (Å²) in [6, 6.07) is -0.0687. The minimum Gasteiger partial charge on any atom is -0.465 e. The SMILES string of the molecule is CCCC(C(=O)OCC)N(C)CC1CCN(C)C1. The number of nitrogens with zero attached hydrogens (tertiary/aromatic N) is 2. The first-order valence-corrected chi connectivity index (χ1v) is 7.13. The molecule has 0 aromatic rings. The maximum Gasteiger partial charge on any atom is 0.323 e. The third-order valence-corrected chi connectivity index (χ3v) is 3.69. The van der Waals surface area contributed by atoms with E-state index in [0.29, 0.717) is 12.5 Å². The van der Waals surface area contributed by atoms with E-state index in [2.05, 4.69) is 30.8 Å². The van der Waals surface area contributed by atoms with Crippen LogP contribution in [0, 0.1) is 5.92 Å². The van der Waals surface area contributed by atoms with Crippen molar-refractivity contribution in [1.82, 2.24) is 9.80 Å². The molecule has 2 atom stereocenters. The first-order valence-electron chi connectivity index (χ1n) is 7.13. The van der Waals surface area contributed by atoms with Gasteiger partial charge in [0.1, 0.15) is 6.04 Å². The Kier molecular flexibility index (Phi) is 6.65. The van der Waals surface area contributed by atoms with Gasteiger partial charge < -0.3 is 9.64 Å². The van der Waals surface area contributed by atoms with E-state index in [1.54, 1.807) is 0 Å². The van der Waals surface area contributed by atoms with Crippen molar-refractivity contribution >= 4 is 5.97 Å². The number of esters is 1. The molecule has 1 rings (SSSR count). The van der Waals surface area contributed by atoms with Crippen LogP contribution in [-0.2, 0) is 9.53 Å². The van der Waals surface area contributed by atoms with Crippen molar-refractivity contribution in [3.05, 3.63) is 0 Å². The molecule has 4 nitrogen and oxygen atoms in total. The summed E-state index contributed by atoms with van der Waals surface area (Å²) in [6.07, 6.45) is 3.14. The minimum absolute atomic E-state index is 0.0619. The average Bonchev–Trinajstić information content (AvgIpc) is 2.71. The number of hydrogen-bond donors (Lipinski definition) is 0. The van der Waals surface area contributed by atoms with Crippen LogP contribution in [-0.4, -0.2) is 62.1 Å². The van der Waals surface area contributed by atoms with Crippen molar-refractivity contribution in [3.8, 4) is 0 Å². The van der Waals surface area contributed by atoms with Crippen LogP contribution in [0.25, 0.3) is 0 Å². The smallest absolute Gasteiger partial charge is 0.323 e. The van der Waals surface area contributed by atoms with E-state index in [0.717, 1.165) is 25.9 Å². The van der Waals surface area contributed by atoms with Crippen LogP contribution < -0.4 is 0 Å². The molecular formula is C14H28N2O2. The molecule has 1 aliphatic rings. The third-order valence-electron chi connectivity index (χ3n) is 3.69. The summed E-state index contributed by atoms with van der Waals surface area (Å²) in [7, 11) is 4.21. The second-order valence-electron chi connectivity index (χ2n) is 5.41. The fourth-order valence-electron chi connectivity index (χ4n) is 2.74. The lowest BCUT2D eigenvalue weighted by atomic mass is 10.1. The molecule has 0 amide bonds. The Hall–Kier alpha value is -0.610. The van der Waals surface area contributed by atoms with Crippen molar-refractivity contribution in [1.29, 1.82) is 0 Å². The van der Waals surface area contributed by atoms with Crippen molar-refractivity contribution < 1.29 is 9.53 Å². The fourth-order valence-corrected chi connectivity index (χ4v) is 2.74. The van der Waals surface area contributed by atoms with E-state index in [-0.39, 0.29) is 12.0 Å². The van der Waals surface area contributed by atoms with Gasteiger partial charge >= 0.3 is 5.97 Å². The third kappa shape index (κ3) is 4.58. The highest BCUT2D eigenvalue weighted by Crippen LogP contribution is 2.17. The second kappa shape index (κ2) is 7.74.